The lowest BCUT2D eigenvalue weighted by Gasteiger charge is -2.23. The van der Waals surface area contributed by atoms with Gasteiger partial charge < -0.3 is 47.2 Å². The molecule has 0 saturated heterocycles. The van der Waals surface area contributed by atoms with Crippen LogP contribution in [0, 0.1) is 0 Å². The number of rotatable bonds is 19. The zero-order valence-electron chi connectivity index (χ0n) is 21.2. The van der Waals surface area contributed by atoms with Gasteiger partial charge in [-0.2, -0.15) is 0 Å². The Labute approximate surface area is 221 Å². The van der Waals surface area contributed by atoms with Crippen LogP contribution in [-0.4, -0.2) is 113 Å². The largest absolute Gasteiger partial charge is 0.481 e. The van der Waals surface area contributed by atoms with Crippen molar-refractivity contribution >= 4 is 53.2 Å². The highest BCUT2D eigenvalue weighted by Gasteiger charge is 2.32. The van der Waals surface area contributed by atoms with E-state index in [0.717, 1.165) is 6.92 Å². The Morgan fingerprint density at radius 1 is 0.564 bits per heavy atom. The Kier molecular flexibility index (Phi) is 15.7. The third kappa shape index (κ3) is 16.0. The molecule has 0 saturated carbocycles. The van der Waals surface area contributed by atoms with Gasteiger partial charge in [0.2, 0.25) is 29.5 Å². The highest BCUT2D eigenvalue weighted by Crippen LogP contribution is 2.02. The van der Waals surface area contributed by atoms with Crippen molar-refractivity contribution in [2.75, 3.05) is 26.2 Å². The summed E-state index contributed by atoms with van der Waals surface area (Å²) >= 11 is 0. The van der Waals surface area contributed by atoms with E-state index in [1.807, 2.05) is 16.0 Å². The minimum atomic E-state index is -1.87. The molecule has 0 fully saturated rings. The van der Waals surface area contributed by atoms with E-state index in [1.54, 1.807) is 6.92 Å². The molecule has 0 aliphatic heterocycles. The third-order valence-corrected chi connectivity index (χ3v) is 4.66. The molecule has 0 aliphatic rings. The Balaban J connectivity index is 5.26. The Hall–Kier alpha value is -4.61. The number of carboxylic acid groups (broad SMARTS) is 3. The van der Waals surface area contributed by atoms with Gasteiger partial charge in [-0.25, -0.2) is 0 Å². The quantitative estimate of drug-likeness (QED) is 0.0718. The molecule has 9 N–H and O–H groups in total. The molecule has 0 rings (SSSR count). The second-order valence-electron chi connectivity index (χ2n) is 7.98. The SMILES string of the molecule is CCNCC(=O)NCC(=O)NCC(=O)NC(CC(=O)O)C(=O)NC(CC(=O)O)C(=O)NC(CC(=O)O)C(C)=O. The summed E-state index contributed by atoms with van der Waals surface area (Å²) in [4.78, 5) is 105. The summed E-state index contributed by atoms with van der Waals surface area (Å²) in [6.07, 6.45) is -2.85. The third-order valence-electron chi connectivity index (χ3n) is 4.66. The van der Waals surface area contributed by atoms with Crippen LogP contribution in [-0.2, 0) is 43.2 Å². The predicted molar refractivity (Wildman–Crippen MR) is 128 cm³/mol. The topological polar surface area (TPSA) is 286 Å². The number of aliphatic carboxylic acids is 3. The molecule has 3 unspecified atom stereocenters. The van der Waals surface area contributed by atoms with E-state index >= 15 is 0 Å². The summed E-state index contributed by atoms with van der Waals surface area (Å²) < 4.78 is 0. The van der Waals surface area contributed by atoms with E-state index in [0.29, 0.717) is 6.54 Å². The van der Waals surface area contributed by atoms with E-state index in [1.165, 1.54) is 0 Å². The van der Waals surface area contributed by atoms with Gasteiger partial charge in [-0.3, -0.25) is 43.2 Å². The predicted octanol–water partition coefficient (Wildman–Crippen LogP) is -4.70. The number of hydrogen-bond acceptors (Lipinski definition) is 10. The van der Waals surface area contributed by atoms with Crippen molar-refractivity contribution in [3.8, 4) is 0 Å². The van der Waals surface area contributed by atoms with E-state index in [-0.39, 0.29) is 6.54 Å². The number of ketones is 1. The summed E-state index contributed by atoms with van der Waals surface area (Å²) in [5.74, 6) is -10.1. The molecule has 0 aromatic rings. The minimum Gasteiger partial charge on any atom is -0.481 e. The highest BCUT2D eigenvalue weighted by molar-refractivity contribution is 5.98. The van der Waals surface area contributed by atoms with Crippen LogP contribution >= 0.6 is 0 Å². The molecule has 39 heavy (non-hydrogen) atoms. The number of nitrogens with one attached hydrogen (secondary N) is 6. The van der Waals surface area contributed by atoms with Gasteiger partial charge in [0, 0.05) is 0 Å². The summed E-state index contributed by atoms with van der Waals surface area (Å²) in [6.45, 7) is 2.05. The summed E-state index contributed by atoms with van der Waals surface area (Å²) in [6, 6.07) is -5.23. The number of carbonyl (C=O) groups excluding carboxylic acids is 6. The number of likely N-dealkylation sites (N-methyl/N-ethyl adjacent to an activating group) is 1. The lowest BCUT2D eigenvalue weighted by Crippen LogP contribution is -2.57. The molecule has 0 bridgehead atoms. The smallest absolute Gasteiger partial charge is 0.305 e. The van der Waals surface area contributed by atoms with Crippen molar-refractivity contribution in [2.24, 2.45) is 0 Å². The van der Waals surface area contributed by atoms with Crippen molar-refractivity contribution in [1.29, 1.82) is 0 Å². The van der Waals surface area contributed by atoms with Crippen LogP contribution in [0.2, 0.25) is 0 Å². The molecular formula is C21H32N6O12. The Bertz CT molecular complexity index is 969. The van der Waals surface area contributed by atoms with Gasteiger partial charge in [0.25, 0.3) is 0 Å². The van der Waals surface area contributed by atoms with Crippen LogP contribution in [0.5, 0.6) is 0 Å². The first-order valence-electron chi connectivity index (χ1n) is 11.5. The summed E-state index contributed by atoms with van der Waals surface area (Å²) in [7, 11) is 0. The van der Waals surface area contributed by atoms with Crippen LogP contribution in [0.1, 0.15) is 33.1 Å². The molecule has 0 aromatic heterocycles. The fourth-order valence-electron chi connectivity index (χ4n) is 2.75. The van der Waals surface area contributed by atoms with Gasteiger partial charge in [-0.05, 0) is 13.5 Å². The van der Waals surface area contributed by atoms with Crippen molar-refractivity contribution in [3.05, 3.63) is 0 Å². The molecule has 5 amide bonds. The average molecular weight is 561 g/mol. The molecule has 0 aromatic carbocycles. The molecule has 0 spiro atoms. The summed E-state index contributed by atoms with van der Waals surface area (Å²) in [5.41, 5.74) is 0. The number of amides is 5. The summed E-state index contributed by atoms with van der Waals surface area (Å²) in [5, 5.41) is 40.2. The number of carboxylic acids is 3. The van der Waals surface area contributed by atoms with Gasteiger partial charge in [-0.1, -0.05) is 6.92 Å². The lowest BCUT2D eigenvalue weighted by molar-refractivity contribution is -0.144. The van der Waals surface area contributed by atoms with Crippen molar-refractivity contribution < 1.29 is 58.5 Å². The second-order valence-corrected chi connectivity index (χ2v) is 7.98. The Morgan fingerprint density at radius 2 is 0.949 bits per heavy atom. The Morgan fingerprint density at radius 3 is 1.38 bits per heavy atom. The van der Waals surface area contributed by atoms with Crippen LogP contribution in [0.25, 0.3) is 0 Å². The zero-order valence-corrected chi connectivity index (χ0v) is 21.2. The van der Waals surface area contributed by atoms with E-state index in [9.17, 15) is 43.2 Å². The molecule has 18 nitrogen and oxygen atoms in total. The number of carbonyl (C=O) groups is 9. The van der Waals surface area contributed by atoms with Crippen LogP contribution < -0.4 is 31.9 Å². The van der Waals surface area contributed by atoms with Gasteiger partial charge in [0.1, 0.15) is 12.1 Å². The van der Waals surface area contributed by atoms with E-state index in [4.69, 9.17) is 15.3 Å². The highest BCUT2D eigenvalue weighted by atomic mass is 16.4. The fraction of sp³-hybridized carbons (Fsp3) is 0.571. The van der Waals surface area contributed by atoms with Crippen molar-refractivity contribution in [3.63, 3.8) is 0 Å². The maximum atomic E-state index is 12.6. The normalized spacial score (nSPS) is 12.6. The van der Waals surface area contributed by atoms with Crippen LogP contribution in [0.15, 0.2) is 0 Å². The van der Waals surface area contributed by atoms with Crippen molar-refractivity contribution in [1.82, 2.24) is 31.9 Å². The van der Waals surface area contributed by atoms with E-state index < -0.39 is 104 Å². The van der Waals surface area contributed by atoms with E-state index in [2.05, 4.69) is 16.0 Å². The number of hydrogen-bond donors (Lipinski definition) is 9. The van der Waals surface area contributed by atoms with Crippen molar-refractivity contribution in [2.45, 2.75) is 51.2 Å². The van der Waals surface area contributed by atoms with Crippen LogP contribution in [0.3, 0.4) is 0 Å². The fourth-order valence-corrected chi connectivity index (χ4v) is 2.75. The first-order chi connectivity index (χ1) is 18.2. The molecule has 0 aliphatic carbocycles. The van der Waals surface area contributed by atoms with Gasteiger partial charge >= 0.3 is 17.9 Å². The molecule has 3 atom stereocenters. The molecule has 0 heterocycles. The van der Waals surface area contributed by atoms with Gasteiger partial charge in [0.05, 0.1) is 44.9 Å². The molecular weight excluding hydrogens is 528 g/mol. The molecule has 0 radical (unpaired) electrons. The van der Waals surface area contributed by atoms with Crippen LogP contribution in [0.4, 0.5) is 0 Å². The van der Waals surface area contributed by atoms with Gasteiger partial charge in [-0.15, -0.1) is 0 Å². The van der Waals surface area contributed by atoms with Gasteiger partial charge in [0.15, 0.2) is 5.78 Å². The second kappa shape index (κ2) is 17.8. The number of Topliss-reactive ketones (excluding diaryl/α,β-unsaturated/α-hetero) is 1. The molecule has 218 valence electrons. The maximum absolute atomic E-state index is 12.6. The lowest BCUT2D eigenvalue weighted by atomic mass is 10.1. The average Bonchev–Trinajstić information content (AvgIpc) is 2.82. The standard InChI is InChI=1S/C21H32N6O12/c1-3-22-7-14(29)23-8-15(30)24-9-16(31)25-12(5-18(34)35)20(38)27-13(6-19(36)37)21(39)26-11(10(2)28)4-17(32)33/h11-13,22H,3-9H2,1-2H3,(H,23,29)(H,24,30)(H,25,31)(H,26,39)(H,27,38)(H,32,33)(H,34,35)(H,36,37). The molecule has 18 heteroatoms. The maximum Gasteiger partial charge on any atom is 0.305 e. The monoisotopic (exact) mass is 560 g/mol. The minimum absolute atomic E-state index is 0.0356. The first kappa shape index (κ1) is 34.4. The zero-order chi connectivity index (χ0) is 30.1. The first-order valence-corrected chi connectivity index (χ1v) is 11.5.